The minimum absolute atomic E-state index is 0.0232. The summed E-state index contributed by atoms with van der Waals surface area (Å²) in [6.45, 7) is 35.8. The van der Waals surface area contributed by atoms with E-state index in [9.17, 15) is 5.26 Å². The average Bonchev–Trinajstić information content (AvgIpc) is 3.19. The molecule has 0 atom stereocenters. The molecule has 0 radical (unpaired) electrons. The summed E-state index contributed by atoms with van der Waals surface area (Å²) in [5, 5.41) is 12.3. The molecule has 382 valence electrons. The van der Waals surface area contributed by atoms with Crippen molar-refractivity contribution in [2.45, 2.75) is 105 Å². The Morgan fingerprint density at radius 3 is 1.41 bits per heavy atom. The third-order valence-corrected chi connectivity index (χ3v) is 16.3. The van der Waals surface area contributed by atoms with Crippen LogP contribution in [0.5, 0.6) is 0 Å². The van der Waals surface area contributed by atoms with Gasteiger partial charge in [0.1, 0.15) is 0 Å². The number of fused-ring (bicyclic) bond motifs is 7. The molecule has 5 nitrogen and oxygen atoms in total. The molecule has 2 aliphatic heterocycles. The minimum atomic E-state index is -0.0931. The van der Waals surface area contributed by atoms with Gasteiger partial charge in [-0.3, -0.25) is 0 Å². The van der Waals surface area contributed by atoms with Crippen molar-refractivity contribution in [2.24, 2.45) is 0 Å². The number of nitrogens with zero attached hydrogens (tertiary/aromatic N) is 5. The van der Waals surface area contributed by atoms with Crippen LogP contribution < -0.4 is 26.2 Å². The first-order chi connectivity index (χ1) is 37.1. The zero-order valence-electron chi connectivity index (χ0n) is 47.1. The maximum Gasteiger partial charge on any atom is 0.252 e. The SMILES string of the molecule is [C-]#[N+]c1cc(C#N)cc(-c2ccccc2-n2c3ccccc3c3cc(-c4cc5c6c(c4)N(c4cc(C(C)(C)C)cc(C(C)(C)C)c4)c4ccccc4B6c4ccccc4N5c4cc(C(C)(C)C)cc(C(C)(C)C)c4)ccc32)c1. The molecule has 0 spiro atoms. The second-order valence-electron chi connectivity index (χ2n) is 25.8. The highest BCUT2D eigenvalue weighted by Crippen LogP contribution is 2.49. The molecule has 0 saturated carbocycles. The molecule has 0 bridgehead atoms. The fourth-order valence-electron chi connectivity index (χ4n) is 12.1. The number of rotatable bonds is 5. The van der Waals surface area contributed by atoms with Crippen molar-refractivity contribution in [2.75, 3.05) is 9.80 Å². The van der Waals surface area contributed by atoms with Gasteiger partial charge in [-0.2, -0.15) is 5.26 Å². The zero-order chi connectivity index (χ0) is 54.8. The summed E-state index contributed by atoms with van der Waals surface area (Å²) >= 11 is 0. The maximum atomic E-state index is 10.0. The fourth-order valence-corrected chi connectivity index (χ4v) is 12.1. The minimum Gasteiger partial charge on any atom is -0.311 e. The first-order valence-corrected chi connectivity index (χ1v) is 27.4. The molecule has 0 aliphatic carbocycles. The smallest absolute Gasteiger partial charge is 0.252 e. The van der Waals surface area contributed by atoms with Crippen molar-refractivity contribution in [3.8, 4) is 34.0 Å². The van der Waals surface area contributed by atoms with Crippen molar-refractivity contribution in [3.05, 3.63) is 221 Å². The van der Waals surface area contributed by atoms with E-state index in [0.717, 1.165) is 61.1 Å². The second-order valence-corrected chi connectivity index (χ2v) is 25.8. The summed E-state index contributed by atoms with van der Waals surface area (Å²) in [4.78, 5) is 8.91. The van der Waals surface area contributed by atoms with E-state index in [1.54, 1.807) is 6.07 Å². The van der Waals surface area contributed by atoms with E-state index in [2.05, 4.69) is 266 Å². The lowest BCUT2D eigenvalue weighted by molar-refractivity contribution is 0.568. The highest BCUT2D eigenvalue weighted by Gasteiger charge is 2.44. The number of nitriles is 1. The number of anilines is 6. The van der Waals surface area contributed by atoms with E-state index in [0.29, 0.717) is 11.3 Å². The van der Waals surface area contributed by atoms with Crippen LogP contribution in [-0.2, 0) is 21.7 Å². The van der Waals surface area contributed by atoms with Crippen molar-refractivity contribution in [1.29, 1.82) is 5.26 Å². The maximum absolute atomic E-state index is 10.0. The van der Waals surface area contributed by atoms with E-state index < -0.39 is 0 Å². The highest BCUT2D eigenvalue weighted by molar-refractivity contribution is 7.00. The van der Waals surface area contributed by atoms with Gasteiger partial charge in [0, 0.05) is 56.0 Å². The highest BCUT2D eigenvalue weighted by atomic mass is 15.2. The Kier molecular flexibility index (Phi) is 11.6. The summed E-state index contributed by atoms with van der Waals surface area (Å²) in [5.74, 6) is 0. The molecule has 3 heterocycles. The number of aromatic nitrogens is 1. The van der Waals surface area contributed by atoms with Gasteiger partial charge in [-0.05, 0) is 168 Å². The lowest BCUT2D eigenvalue weighted by Gasteiger charge is -2.45. The summed E-state index contributed by atoms with van der Waals surface area (Å²) < 4.78 is 2.35. The second kappa shape index (κ2) is 18.0. The van der Waals surface area contributed by atoms with Crippen LogP contribution in [0.25, 0.3) is 54.6 Å². The third kappa shape index (κ3) is 8.38. The molecular weight excluding hydrogens is 946 g/mol. The van der Waals surface area contributed by atoms with E-state index in [-0.39, 0.29) is 28.4 Å². The van der Waals surface area contributed by atoms with Crippen LogP contribution in [0, 0.1) is 17.9 Å². The lowest BCUT2D eigenvalue weighted by atomic mass is 9.33. The molecule has 0 unspecified atom stereocenters. The summed E-state index contributed by atoms with van der Waals surface area (Å²) in [6.07, 6.45) is 0. The topological polar surface area (TPSA) is 39.6 Å². The van der Waals surface area contributed by atoms with Crippen LogP contribution in [0.1, 0.15) is 111 Å². The van der Waals surface area contributed by atoms with Crippen LogP contribution in [0.3, 0.4) is 0 Å². The number of hydrogen-bond acceptors (Lipinski definition) is 3. The quantitative estimate of drug-likeness (QED) is 0.127. The van der Waals surface area contributed by atoms with Crippen LogP contribution in [0.15, 0.2) is 182 Å². The Morgan fingerprint density at radius 1 is 0.423 bits per heavy atom. The molecule has 1 aromatic heterocycles. The molecule has 0 N–H and O–H groups in total. The van der Waals surface area contributed by atoms with Gasteiger partial charge < -0.3 is 14.4 Å². The standard InChI is InChI=1S/C72H66BN5/c1-69(2,3)49-38-50(70(4,5)6)41-54(40-49)76-64-28-20-16-24-59(64)73-60-25-17-21-29-65(60)77(55-42-51(71(7,8)9)39-52(43-55)72(10,11)12)67-37-47(36-66(76)68(67)73)46-30-31-63-58(35-46)57-23-15-19-27-62(57)78(63)61-26-18-14-22-56(61)48-32-45(44-74)33-53(34-48)75-13/h14-43H,1-12H3. The number of hydrogen-bond donors (Lipinski definition) is 0. The predicted octanol–water partition coefficient (Wildman–Crippen LogP) is 17.8. The van der Waals surface area contributed by atoms with Crippen molar-refractivity contribution in [1.82, 2.24) is 4.57 Å². The Balaban J connectivity index is 1.17. The summed E-state index contributed by atoms with van der Waals surface area (Å²) in [5.41, 5.74) is 23.9. The Morgan fingerprint density at radius 2 is 0.897 bits per heavy atom. The van der Waals surface area contributed by atoms with E-state index in [4.69, 9.17) is 6.57 Å². The van der Waals surface area contributed by atoms with Crippen LogP contribution in [-0.4, -0.2) is 11.3 Å². The van der Waals surface area contributed by atoms with Crippen molar-refractivity contribution >= 4 is 84.7 Å². The summed E-state index contributed by atoms with van der Waals surface area (Å²) in [7, 11) is 0. The average molecular weight is 1010 g/mol. The molecule has 0 fully saturated rings. The molecule has 2 aliphatic rings. The molecular formula is C72H66BN5. The molecule has 12 rings (SSSR count). The van der Waals surface area contributed by atoms with Crippen molar-refractivity contribution in [3.63, 3.8) is 0 Å². The van der Waals surface area contributed by atoms with Crippen molar-refractivity contribution < 1.29 is 0 Å². The van der Waals surface area contributed by atoms with Gasteiger partial charge in [0.2, 0.25) is 0 Å². The van der Waals surface area contributed by atoms with E-state index in [1.165, 1.54) is 61.4 Å². The van der Waals surface area contributed by atoms with E-state index >= 15 is 0 Å². The molecule has 78 heavy (non-hydrogen) atoms. The lowest BCUT2D eigenvalue weighted by Crippen LogP contribution is -2.61. The van der Waals surface area contributed by atoms with Gasteiger partial charge in [-0.25, -0.2) is 4.85 Å². The van der Waals surface area contributed by atoms with Gasteiger partial charge in [0.25, 0.3) is 6.71 Å². The van der Waals surface area contributed by atoms with Crippen LogP contribution in [0.4, 0.5) is 39.8 Å². The van der Waals surface area contributed by atoms with Gasteiger partial charge in [0.05, 0.1) is 29.4 Å². The van der Waals surface area contributed by atoms with Gasteiger partial charge in [0.15, 0.2) is 5.69 Å². The molecule has 10 aromatic rings. The third-order valence-electron chi connectivity index (χ3n) is 16.3. The monoisotopic (exact) mass is 1010 g/mol. The fraction of sp³-hybridized carbons (Fsp3) is 0.222. The molecule has 6 heteroatoms. The molecule has 9 aromatic carbocycles. The van der Waals surface area contributed by atoms with E-state index in [1.807, 2.05) is 18.2 Å². The summed E-state index contributed by atoms with van der Waals surface area (Å²) in [6, 6.07) is 69.6. The molecule has 0 amide bonds. The van der Waals surface area contributed by atoms with Gasteiger partial charge in [-0.15, -0.1) is 0 Å². The Bertz CT molecular complexity index is 3940. The van der Waals surface area contributed by atoms with Crippen LogP contribution >= 0.6 is 0 Å². The Hall–Kier alpha value is -8.58. The van der Waals surface area contributed by atoms with Crippen LogP contribution in [0.2, 0.25) is 0 Å². The largest absolute Gasteiger partial charge is 0.311 e. The molecule has 0 saturated heterocycles. The predicted molar refractivity (Wildman–Crippen MR) is 331 cm³/mol. The zero-order valence-corrected chi connectivity index (χ0v) is 47.1. The first-order valence-electron chi connectivity index (χ1n) is 27.4. The van der Waals surface area contributed by atoms with Gasteiger partial charge >= 0.3 is 0 Å². The number of para-hydroxylation sites is 4. The first kappa shape index (κ1) is 50.3. The number of benzene rings is 9. The normalized spacial score (nSPS) is 13.3. The Labute approximate surface area is 462 Å². The van der Waals surface area contributed by atoms with Gasteiger partial charge in [-0.1, -0.05) is 174 Å².